The quantitative estimate of drug-likeness (QED) is 0.759. The third-order valence-corrected chi connectivity index (χ3v) is 3.08. The molecule has 0 aliphatic carbocycles. The first kappa shape index (κ1) is 12.6. The van der Waals surface area contributed by atoms with Gasteiger partial charge in [-0.05, 0) is 18.9 Å². The molecule has 1 saturated heterocycles. The summed E-state index contributed by atoms with van der Waals surface area (Å²) in [5.74, 6) is -1.55. The highest BCUT2D eigenvalue weighted by atomic mass is 16.6. The van der Waals surface area contributed by atoms with Gasteiger partial charge in [-0.25, -0.2) is 0 Å². The van der Waals surface area contributed by atoms with E-state index in [1.807, 2.05) is 30.3 Å². The number of esters is 2. The van der Waals surface area contributed by atoms with E-state index in [9.17, 15) is 9.59 Å². The van der Waals surface area contributed by atoms with Gasteiger partial charge in [0.15, 0.2) is 0 Å². The van der Waals surface area contributed by atoms with E-state index in [1.165, 1.54) is 0 Å². The summed E-state index contributed by atoms with van der Waals surface area (Å²) in [6, 6.07) is 9.62. The maximum absolute atomic E-state index is 11.7. The van der Waals surface area contributed by atoms with Gasteiger partial charge < -0.3 is 9.47 Å². The molecule has 2 rings (SSSR count). The Labute approximate surface area is 106 Å². The van der Waals surface area contributed by atoms with Gasteiger partial charge in [-0.15, -0.1) is 0 Å². The van der Waals surface area contributed by atoms with Crippen molar-refractivity contribution in [3.05, 3.63) is 35.9 Å². The summed E-state index contributed by atoms with van der Waals surface area (Å²) >= 11 is 0. The topological polar surface area (TPSA) is 52.6 Å². The molecule has 4 heteroatoms. The molecule has 0 saturated carbocycles. The predicted octanol–water partition coefficient (Wildman–Crippen LogP) is 1.58. The van der Waals surface area contributed by atoms with Gasteiger partial charge in [0.05, 0.1) is 12.5 Å². The first-order valence-electron chi connectivity index (χ1n) is 6.09. The molecule has 0 aromatic heterocycles. The third kappa shape index (κ3) is 2.70. The summed E-state index contributed by atoms with van der Waals surface area (Å²) in [7, 11) is 0. The first-order chi connectivity index (χ1) is 8.72. The van der Waals surface area contributed by atoms with E-state index < -0.39 is 11.8 Å². The normalized spacial score (nSPS) is 22.6. The van der Waals surface area contributed by atoms with E-state index in [4.69, 9.17) is 9.47 Å². The summed E-state index contributed by atoms with van der Waals surface area (Å²) in [4.78, 5) is 23.4. The number of hydrogen-bond acceptors (Lipinski definition) is 4. The fourth-order valence-corrected chi connectivity index (χ4v) is 2.13. The van der Waals surface area contributed by atoms with E-state index >= 15 is 0 Å². The molecule has 1 fully saturated rings. The SMILES string of the molecule is CCOC(=O)[C@@H]1COC(=O)[C@@H]1Cc1ccccc1. The van der Waals surface area contributed by atoms with E-state index in [2.05, 4.69) is 0 Å². The minimum Gasteiger partial charge on any atom is -0.466 e. The van der Waals surface area contributed by atoms with Crippen LogP contribution in [0.1, 0.15) is 12.5 Å². The zero-order valence-electron chi connectivity index (χ0n) is 10.3. The summed E-state index contributed by atoms with van der Waals surface area (Å²) in [6.45, 7) is 2.21. The third-order valence-electron chi connectivity index (χ3n) is 3.08. The van der Waals surface area contributed by atoms with Crippen LogP contribution in [0.15, 0.2) is 30.3 Å². The molecule has 4 nitrogen and oxygen atoms in total. The molecule has 1 aliphatic rings. The van der Waals surface area contributed by atoms with Crippen LogP contribution in [0.2, 0.25) is 0 Å². The largest absolute Gasteiger partial charge is 0.466 e. The average molecular weight is 248 g/mol. The zero-order chi connectivity index (χ0) is 13.0. The Morgan fingerprint density at radius 3 is 2.78 bits per heavy atom. The molecule has 1 aromatic carbocycles. The van der Waals surface area contributed by atoms with Crippen LogP contribution < -0.4 is 0 Å². The molecule has 1 heterocycles. The second kappa shape index (κ2) is 5.67. The van der Waals surface area contributed by atoms with Crippen molar-refractivity contribution in [3.63, 3.8) is 0 Å². The smallest absolute Gasteiger partial charge is 0.313 e. The molecule has 2 atom stereocenters. The van der Waals surface area contributed by atoms with Crippen molar-refractivity contribution < 1.29 is 19.1 Å². The molecule has 1 aliphatic heterocycles. The van der Waals surface area contributed by atoms with Crippen LogP contribution in [-0.4, -0.2) is 25.2 Å². The molecule has 18 heavy (non-hydrogen) atoms. The second-order valence-corrected chi connectivity index (χ2v) is 4.28. The lowest BCUT2D eigenvalue weighted by molar-refractivity contribution is -0.149. The summed E-state index contributed by atoms with van der Waals surface area (Å²) < 4.78 is 9.95. The summed E-state index contributed by atoms with van der Waals surface area (Å²) in [6.07, 6.45) is 0.517. The van der Waals surface area contributed by atoms with Gasteiger partial charge in [-0.1, -0.05) is 30.3 Å². The number of carbonyl (C=O) groups excluding carboxylic acids is 2. The molecular formula is C14H16O4. The van der Waals surface area contributed by atoms with E-state index in [0.717, 1.165) is 5.56 Å². The number of ether oxygens (including phenoxy) is 2. The number of hydrogen-bond donors (Lipinski definition) is 0. The van der Waals surface area contributed by atoms with Crippen LogP contribution in [0, 0.1) is 11.8 Å². The van der Waals surface area contributed by atoms with Crippen molar-refractivity contribution in [2.75, 3.05) is 13.2 Å². The monoisotopic (exact) mass is 248 g/mol. The van der Waals surface area contributed by atoms with Crippen molar-refractivity contribution in [2.45, 2.75) is 13.3 Å². The van der Waals surface area contributed by atoms with Gasteiger partial charge in [-0.2, -0.15) is 0 Å². The van der Waals surface area contributed by atoms with Crippen LogP contribution in [0.5, 0.6) is 0 Å². The highest BCUT2D eigenvalue weighted by molar-refractivity contribution is 5.85. The van der Waals surface area contributed by atoms with Crippen molar-refractivity contribution in [1.82, 2.24) is 0 Å². The number of cyclic esters (lactones) is 1. The second-order valence-electron chi connectivity index (χ2n) is 4.28. The van der Waals surface area contributed by atoms with Crippen molar-refractivity contribution in [1.29, 1.82) is 0 Å². The molecule has 0 N–H and O–H groups in total. The maximum atomic E-state index is 11.7. The Morgan fingerprint density at radius 1 is 1.39 bits per heavy atom. The number of carbonyl (C=O) groups is 2. The highest BCUT2D eigenvalue weighted by Crippen LogP contribution is 2.27. The van der Waals surface area contributed by atoms with Crippen LogP contribution >= 0.6 is 0 Å². The molecule has 0 amide bonds. The molecule has 0 bridgehead atoms. The van der Waals surface area contributed by atoms with Gasteiger partial charge in [0.1, 0.15) is 12.5 Å². The van der Waals surface area contributed by atoms with Crippen molar-refractivity contribution in [2.24, 2.45) is 11.8 Å². The minimum atomic E-state index is -0.474. The lowest BCUT2D eigenvalue weighted by atomic mass is 9.89. The molecule has 1 aromatic rings. The van der Waals surface area contributed by atoms with Crippen LogP contribution in [0.25, 0.3) is 0 Å². The summed E-state index contributed by atoms with van der Waals surface area (Å²) in [5, 5.41) is 0. The van der Waals surface area contributed by atoms with Gasteiger partial charge in [0.25, 0.3) is 0 Å². The van der Waals surface area contributed by atoms with Crippen LogP contribution in [0.3, 0.4) is 0 Å². The molecule has 0 spiro atoms. The van der Waals surface area contributed by atoms with Gasteiger partial charge in [0, 0.05) is 0 Å². The Morgan fingerprint density at radius 2 is 2.11 bits per heavy atom. The standard InChI is InChI=1S/C14H16O4/c1-2-17-14(16)12-9-18-13(15)11(12)8-10-6-4-3-5-7-10/h3-7,11-12H,2,8-9H2,1H3/t11-,12-/m1/s1. The van der Waals surface area contributed by atoms with Crippen molar-refractivity contribution >= 4 is 11.9 Å². The lowest BCUT2D eigenvalue weighted by Crippen LogP contribution is -2.27. The number of benzene rings is 1. The van der Waals surface area contributed by atoms with E-state index in [0.29, 0.717) is 13.0 Å². The average Bonchev–Trinajstić information content (AvgIpc) is 2.73. The molecular weight excluding hydrogens is 232 g/mol. The fourth-order valence-electron chi connectivity index (χ4n) is 2.13. The Bertz CT molecular complexity index is 427. The van der Waals surface area contributed by atoms with E-state index in [-0.39, 0.29) is 18.5 Å². The van der Waals surface area contributed by atoms with Gasteiger partial charge >= 0.3 is 11.9 Å². The highest BCUT2D eigenvalue weighted by Gasteiger charge is 2.42. The Balaban J connectivity index is 2.08. The van der Waals surface area contributed by atoms with Gasteiger partial charge in [-0.3, -0.25) is 9.59 Å². The fraction of sp³-hybridized carbons (Fsp3) is 0.429. The molecule has 0 radical (unpaired) electrons. The van der Waals surface area contributed by atoms with Crippen LogP contribution in [-0.2, 0) is 25.5 Å². The predicted molar refractivity (Wildman–Crippen MR) is 64.7 cm³/mol. The maximum Gasteiger partial charge on any atom is 0.313 e. The Kier molecular flexibility index (Phi) is 3.97. The Hall–Kier alpha value is -1.84. The minimum absolute atomic E-state index is 0.134. The van der Waals surface area contributed by atoms with Crippen LogP contribution in [0.4, 0.5) is 0 Å². The van der Waals surface area contributed by atoms with Crippen molar-refractivity contribution in [3.8, 4) is 0 Å². The number of rotatable bonds is 4. The zero-order valence-corrected chi connectivity index (χ0v) is 10.3. The first-order valence-corrected chi connectivity index (χ1v) is 6.09. The summed E-state index contributed by atoms with van der Waals surface area (Å²) in [5.41, 5.74) is 1.02. The van der Waals surface area contributed by atoms with E-state index in [1.54, 1.807) is 6.92 Å². The molecule has 96 valence electrons. The molecule has 0 unspecified atom stereocenters. The van der Waals surface area contributed by atoms with Gasteiger partial charge in [0.2, 0.25) is 0 Å². The lowest BCUT2D eigenvalue weighted by Gasteiger charge is -2.13.